The smallest absolute Gasteiger partial charge is 0.306 e. The molecule has 0 radical (unpaired) electrons. The molecule has 3 aromatic rings. The summed E-state index contributed by atoms with van der Waals surface area (Å²) in [5.41, 5.74) is 2.19. The molecule has 1 aromatic heterocycles. The zero-order chi connectivity index (χ0) is 28.1. The zero-order valence-corrected chi connectivity index (χ0v) is 22.7. The minimum absolute atomic E-state index is 0.0322. The monoisotopic (exact) mass is 539 g/mol. The summed E-state index contributed by atoms with van der Waals surface area (Å²) in [5.74, 6) is 0.673. The Morgan fingerprint density at radius 3 is 2.28 bits per heavy atom. The van der Waals surface area contributed by atoms with E-state index in [1.807, 2.05) is 12.1 Å². The number of benzene rings is 2. The summed E-state index contributed by atoms with van der Waals surface area (Å²) >= 11 is 0. The largest absolute Gasteiger partial charge is 0.502 e. The highest BCUT2D eigenvalue weighted by Gasteiger charge is 2.30. The van der Waals surface area contributed by atoms with Gasteiger partial charge in [-0.05, 0) is 35.7 Å². The van der Waals surface area contributed by atoms with Gasteiger partial charge < -0.3 is 33.2 Å². The first-order chi connectivity index (χ1) is 18.8. The number of aromatic hydroxyl groups is 1. The summed E-state index contributed by atoms with van der Waals surface area (Å²) in [6.07, 6.45) is 0.594. The molecule has 1 aliphatic heterocycles. The van der Waals surface area contributed by atoms with Crippen molar-refractivity contribution in [3.05, 3.63) is 74.8 Å². The highest BCUT2D eigenvalue weighted by molar-refractivity contribution is 5.71. The van der Waals surface area contributed by atoms with Crippen LogP contribution < -0.4 is 24.4 Å². The molecule has 39 heavy (non-hydrogen) atoms. The fraction of sp³-hybridized carbons (Fsp3) is 0.379. The first-order valence-corrected chi connectivity index (χ1v) is 12.4. The lowest BCUT2D eigenvalue weighted by Gasteiger charge is -2.29. The highest BCUT2D eigenvalue weighted by atomic mass is 16.5. The van der Waals surface area contributed by atoms with Gasteiger partial charge in [0.1, 0.15) is 17.3 Å². The van der Waals surface area contributed by atoms with E-state index in [1.54, 1.807) is 32.4 Å². The second kappa shape index (κ2) is 12.1. The number of carbonyl (C=O) groups is 1. The molecular formula is C29H33NO9. The van der Waals surface area contributed by atoms with Gasteiger partial charge in [-0.2, -0.15) is 0 Å². The molecule has 4 rings (SSSR count). The molecule has 0 saturated carbocycles. The van der Waals surface area contributed by atoms with Gasteiger partial charge in [-0.1, -0.05) is 6.07 Å². The van der Waals surface area contributed by atoms with Crippen LogP contribution in [0.3, 0.4) is 0 Å². The minimum atomic E-state index is -0.843. The van der Waals surface area contributed by atoms with Gasteiger partial charge in [0.05, 0.1) is 54.4 Å². The summed E-state index contributed by atoms with van der Waals surface area (Å²) in [6, 6.07) is 10.3. The number of methoxy groups -OCH3 is 5. The lowest BCUT2D eigenvalue weighted by molar-refractivity contribution is -0.140. The van der Waals surface area contributed by atoms with E-state index in [1.165, 1.54) is 33.0 Å². The van der Waals surface area contributed by atoms with E-state index in [0.717, 1.165) is 18.5 Å². The first kappa shape index (κ1) is 27.8. The fourth-order valence-electron chi connectivity index (χ4n) is 4.87. The van der Waals surface area contributed by atoms with Crippen molar-refractivity contribution in [1.29, 1.82) is 0 Å². The Bertz CT molecular complexity index is 1400. The third-order valence-corrected chi connectivity index (χ3v) is 6.91. The van der Waals surface area contributed by atoms with Crippen LogP contribution in [0.25, 0.3) is 0 Å². The maximum atomic E-state index is 12.9. The Balaban J connectivity index is 1.69. The van der Waals surface area contributed by atoms with Crippen LogP contribution >= 0.6 is 0 Å². The third-order valence-electron chi connectivity index (χ3n) is 6.91. The zero-order valence-electron chi connectivity index (χ0n) is 22.7. The Morgan fingerprint density at radius 2 is 1.64 bits per heavy atom. The molecule has 0 fully saturated rings. The molecule has 208 valence electrons. The van der Waals surface area contributed by atoms with E-state index in [9.17, 15) is 14.7 Å². The van der Waals surface area contributed by atoms with E-state index in [0.29, 0.717) is 47.4 Å². The van der Waals surface area contributed by atoms with Crippen molar-refractivity contribution >= 4 is 5.97 Å². The quantitative estimate of drug-likeness (QED) is 0.383. The van der Waals surface area contributed by atoms with Crippen molar-refractivity contribution in [2.45, 2.75) is 31.8 Å². The maximum Gasteiger partial charge on any atom is 0.306 e. The molecule has 1 unspecified atom stereocenters. The van der Waals surface area contributed by atoms with Crippen molar-refractivity contribution in [3.8, 4) is 28.7 Å². The number of carbonyl (C=O) groups excluding carboxylic acids is 1. The molecule has 1 N–H and O–H groups in total. The van der Waals surface area contributed by atoms with Gasteiger partial charge in [0, 0.05) is 30.8 Å². The normalized spacial score (nSPS) is 13.8. The minimum Gasteiger partial charge on any atom is -0.502 e. The molecule has 10 heteroatoms. The Morgan fingerprint density at radius 1 is 0.949 bits per heavy atom. The van der Waals surface area contributed by atoms with E-state index in [-0.39, 0.29) is 12.2 Å². The van der Waals surface area contributed by atoms with Crippen LogP contribution in [-0.2, 0) is 29.0 Å². The van der Waals surface area contributed by atoms with Crippen molar-refractivity contribution in [3.63, 3.8) is 0 Å². The van der Waals surface area contributed by atoms with E-state index < -0.39 is 23.1 Å². The maximum absolute atomic E-state index is 12.9. The van der Waals surface area contributed by atoms with Crippen LogP contribution in [-0.4, -0.2) is 58.1 Å². The van der Waals surface area contributed by atoms with Crippen LogP contribution in [0.15, 0.2) is 45.6 Å². The van der Waals surface area contributed by atoms with Crippen LogP contribution in [0.1, 0.15) is 40.5 Å². The van der Waals surface area contributed by atoms with Crippen LogP contribution in [0.2, 0.25) is 0 Å². The molecule has 2 heterocycles. The number of fused-ring (bicyclic) bond motifs is 1. The van der Waals surface area contributed by atoms with Gasteiger partial charge in [0.25, 0.3) is 0 Å². The summed E-state index contributed by atoms with van der Waals surface area (Å²) in [6.45, 7) is 1.65. The topological polar surface area (TPSA) is 117 Å². The van der Waals surface area contributed by atoms with Crippen molar-refractivity contribution < 1.29 is 38.0 Å². The van der Waals surface area contributed by atoms with E-state index >= 15 is 0 Å². The second-order valence-corrected chi connectivity index (χ2v) is 9.17. The number of ether oxygens (including phenoxy) is 5. The molecule has 0 amide bonds. The standard InChI is InChI=1S/C29H33NO9/c1-34-19-6-7-21(24(13-19)35-2)22(14-27(32)38-5)29-28(33)23(31)12-20(39-29)16-30-9-8-17-10-25(36-3)26(37-4)11-18(17)15-30/h6-7,10-13,22,33H,8-9,14-16H2,1-5H3. The fourth-order valence-corrected chi connectivity index (χ4v) is 4.87. The summed E-state index contributed by atoms with van der Waals surface area (Å²) in [7, 11) is 7.49. The molecule has 1 aliphatic rings. The van der Waals surface area contributed by atoms with Crippen LogP contribution in [0.4, 0.5) is 0 Å². The summed E-state index contributed by atoms with van der Waals surface area (Å²) in [4.78, 5) is 27.4. The molecule has 2 aromatic carbocycles. The van der Waals surface area contributed by atoms with Gasteiger partial charge >= 0.3 is 5.97 Å². The molecule has 0 bridgehead atoms. The van der Waals surface area contributed by atoms with Crippen LogP contribution in [0.5, 0.6) is 28.7 Å². The van der Waals surface area contributed by atoms with Crippen molar-refractivity contribution in [2.75, 3.05) is 42.1 Å². The average molecular weight is 540 g/mol. The molecule has 0 saturated heterocycles. The third kappa shape index (κ3) is 5.96. The summed E-state index contributed by atoms with van der Waals surface area (Å²) in [5, 5.41) is 10.8. The second-order valence-electron chi connectivity index (χ2n) is 9.17. The predicted molar refractivity (Wildman–Crippen MR) is 142 cm³/mol. The molecule has 0 aliphatic carbocycles. The van der Waals surface area contributed by atoms with Crippen molar-refractivity contribution in [2.24, 2.45) is 0 Å². The van der Waals surface area contributed by atoms with Gasteiger partial charge in [-0.25, -0.2) is 0 Å². The van der Waals surface area contributed by atoms with E-state index in [4.69, 9.17) is 28.1 Å². The molecule has 1 atom stereocenters. The lowest BCUT2D eigenvalue weighted by Crippen LogP contribution is -2.30. The number of esters is 1. The first-order valence-electron chi connectivity index (χ1n) is 12.4. The van der Waals surface area contributed by atoms with Gasteiger partial charge in [-0.15, -0.1) is 0 Å². The molecule has 10 nitrogen and oxygen atoms in total. The number of rotatable bonds is 10. The highest BCUT2D eigenvalue weighted by Crippen LogP contribution is 2.40. The Hall–Kier alpha value is -4.18. The average Bonchev–Trinajstić information content (AvgIpc) is 2.96. The van der Waals surface area contributed by atoms with Gasteiger partial charge in [0.2, 0.25) is 11.2 Å². The SMILES string of the molecule is COC(=O)CC(c1ccc(OC)cc1OC)c1oc(CN2CCc3cc(OC)c(OC)cc3C2)cc(=O)c1O. The Kier molecular flexibility index (Phi) is 8.65. The van der Waals surface area contributed by atoms with Crippen LogP contribution in [0, 0.1) is 0 Å². The number of hydrogen-bond donors (Lipinski definition) is 1. The number of nitrogens with zero attached hydrogens (tertiary/aromatic N) is 1. The van der Waals surface area contributed by atoms with E-state index in [2.05, 4.69) is 4.90 Å². The number of hydrogen-bond acceptors (Lipinski definition) is 10. The lowest BCUT2D eigenvalue weighted by atomic mass is 9.91. The summed E-state index contributed by atoms with van der Waals surface area (Å²) < 4.78 is 32.7. The van der Waals surface area contributed by atoms with Gasteiger partial charge in [-0.3, -0.25) is 14.5 Å². The molecular weight excluding hydrogens is 506 g/mol. The van der Waals surface area contributed by atoms with Crippen molar-refractivity contribution in [1.82, 2.24) is 4.90 Å². The predicted octanol–water partition coefficient (Wildman–Crippen LogP) is 3.63. The van der Waals surface area contributed by atoms with Gasteiger partial charge in [0.15, 0.2) is 17.3 Å². The molecule has 0 spiro atoms. The Labute approximate surface area is 226 Å².